The van der Waals surface area contributed by atoms with Gasteiger partial charge in [-0.3, -0.25) is 4.79 Å². The Labute approximate surface area is 111 Å². The summed E-state index contributed by atoms with van der Waals surface area (Å²) in [6.07, 6.45) is 2.46. The van der Waals surface area contributed by atoms with Gasteiger partial charge in [-0.15, -0.1) is 0 Å². The second kappa shape index (κ2) is 5.65. The summed E-state index contributed by atoms with van der Waals surface area (Å²) in [6, 6.07) is 10.9. The molecule has 0 aliphatic rings. The van der Waals surface area contributed by atoms with Crippen LogP contribution in [0.3, 0.4) is 0 Å². The lowest BCUT2D eigenvalue weighted by Crippen LogP contribution is -2.12. The van der Waals surface area contributed by atoms with E-state index in [4.69, 9.17) is 11.6 Å². The van der Waals surface area contributed by atoms with Crippen LogP contribution < -0.4 is 5.32 Å². The Morgan fingerprint density at radius 3 is 2.50 bits per heavy atom. The fraction of sp³-hybridized carbons (Fsp3) is 0.143. The highest BCUT2D eigenvalue weighted by Crippen LogP contribution is 2.11. The first-order chi connectivity index (χ1) is 8.69. The molecule has 1 aromatic carbocycles. The molecule has 0 saturated heterocycles. The molecule has 1 aromatic heterocycles. The Bertz CT molecular complexity index is 535. The van der Waals surface area contributed by atoms with Crippen LogP contribution in [0.1, 0.15) is 22.8 Å². The van der Waals surface area contributed by atoms with Gasteiger partial charge in [0, 0.05) is 11.8 Å². The maximum atomic E-state index is 11.9. The van der Waals surface area contributed by atoms with Gasteiger partial charge in [-0.25, -0.2) is 4.98 Å². The van der Waals surface area contributed by atoms with Crippen molar-refractivity contribution in [2.24, 2.45) is 0 Å². The maximum absolute atomic E-state index is 11.9. The Hall–Kier alpha value is -1.87. The van der Waals surface area contributed by atoms with Crippen molar-refractivity contribution in [2.45, 2.75) is 13.3 Å². The third-order valence-corrected chi connectivity index (χ3v) is 2.82. The zero-order valence-corrected chi connectivity index (χ0v) is 10.7. The lowest BCUT2D eigenvalue weighted by molar-refractivity contribution is 0.102. The summed E-state index contributed by atoms with van der Waals surface area (Å²) in [6.45, 7) is 2.08. The van der Waals surface area contributed by atoms with Crippen LogP contribution in [0.5, 0.6) is 0 Å². The second-order valence-electron chi connectivity index (χ2n) is 3.87. The van der Waals surface area contributed by atoms with Crippen LogP contribution in [0.4, 0.5) is 5.82 Å². The molecule has 1 heterocycles. The minimum Gasteiger partial charge on any atom is -0.307 e. The molecule has 1 N–H and O–H groups in total. The van der Waals surface area contributed by atoms with Crippen molar-refractivity contribution in [3.8, 4) is 0 Å². The summed E-state index contributed by atoms with van der Waals surface area (Å²) in [5.74, 6) is 0.316. The topological polar surface area (TPSA) is 42.0 Å². The first kappa shape index (κ1) is 12.6. The van der Waals surface area contributed by atoms with Crippen molar-refractivity contribution in [3.05, 3.63) is 58.7 Å². The Balaban J connectivity index is 2.09. The number of anilines is 1. The van der Waals surface area contributed by atoms with Crippen molar-refractivity contribution in [1.29, 1.82) is 0 Å². The summed E-state index contributed by atoms with van der Waals surface area (Å²) in [4.78, 5) is 15.9. The summed E-state index contributed by atoms with van der Waals surface area (Å²) in [7, 11) is 0. The molecule has 2 aromatic rings. The zero-order chi connectivity index (χ0) is 13.0. The number of hydrogen-bond acceptors (Lipinski definition) is 2. The normalized spacial score (nSPS) is 10.1. The first-order valence-corrected chi connectivity index (χ1v) is 6.08. The number of pyridine rings is 1. The lowest BCUT2D eigenvalue weighted by atomic mass is 10.1. The molecular formula is C14H13ClN2O. The van der Waals surface area contributed by atoms with Crippen molar-refractivity contribution < 1.29 is 4.79 Å². The van der Waals surface area contributed by atoms with E-state index in [1.165, 1.54) is 11.8 Å². The molecule has 0 aliphatic heterocycles. The molecule has 0 radical (unpaired) electrons. The molecule has 0 fully saturated rings. The number of carbonyl (C=O) groups excluding carboxylic acids is 1. The van der Waals surface area contributed by atoms with Crippen LogP contribution in [-0.4, -0.2) is 10.9 Å². The van der Waals surface area contributed by atoms with Crippen molar-refractivity contribution in [2.75, 3.05) is 5.32 Å². The SMILES string of the molecule is CCc1ccc(C(=O)Nc2ccc(Cl)cn2)cc1. The van der Waals surface area contributed by atoms with E-state index in [1.54, 1.807) is 12.1 Å². The summed E-state index contributed by atoms with van der Waals surface area (Å²) >= 11 is 5.72. The number of halogens is 1. The van der Waals surface area contributed by atoms with Crippen LogP contribution >= 0.6 is 11.6 Å². The minimum atomic E-state index is -0.174. The Morgan fingerprint density at radius 1 is 1.22 bits per heavy atom. The number of nitrogens with one attached hydrogen (secondary N) is 1. The molecule has 0 bridgehead atoms. The molecule has 0 unspecified atom stereocenters. The number of hydrogen-bond donors (Lipinski definition) is 1. The smallest absolute Gasteiger partial charge is 0.256 e. The number of rotatable bonds is 3. The minimum absolute atomic E-state index is 0.174. The first-order valence-electron chi connectivity index (χ1n) is 5.71. The van der Waals surface area contributed by atoms with Crippen LogP contribution in [0, 0.1) is 0 Å². The maximum Gasteiger partial charge on any atom is 0.256 e. The largest absolute Gasteiger partial charge is 0.307 e. The van der Waals surface area contributed by atoms with E-state index >= 15 is 0 Å². The molecule has 3 nitrogen and oxygen atoms in total. The molecule has 2 rings (SSSR count). The molecule has 92 valence electrons. The number of aromatic nitrogens is 1. The fourth-order valence-electron chi connectivity index (χ4n) is 1.53. The average Bonchev–Trinajstić information content (AvgIpc) is 2.41. The summed E-state index contributed by atoms with van der Waals surface area (Å²) in [5, 5.41) is 3.26. The van der Waals surface area contributed by atoms with Gasteiger partial charge in [-0.2, -0.15) is 0 Å². The van der Waals surface area contributed by atoms with Gasteiger partial charge < -0.3 is 5.32 Å². The summed E-state index contributed by atoms with van der Waals surface area (Å²) < 4.78 is 0. The van der Waals surface area contributed by atoms with Gasteiger partial charge in [-0.05, 0) is 36.2 Å². The van der Waals surface area contributed by atoms with Crippen molar-refractivity contribution in [3.63, 3.8) is 0 Å². The number of benzene rings is 1. The van der Waals surface area contributed by atoms with E-state index in [1.807, 2.05) is 24.3 Å². The van der Waals surface area contributed by atoms with E-state index in [0.717, 1.165) is 6.42 Å². The predicted octanol–water partition coefficient (Wildman–Crippen LogP) is 3.55. The van der Waals surface area contributed by atoms with Crippen LogP contribution in [-0.2, 0) is 6.42 Å². The van der Waals surface area contributed by atoms with E-state index in [-0.39, 0.29) is 5.91 Å². The van der Waals surface area contributed by atoms with Gasteiger partial charge in [0.05, 0.1) is 5.02 Å². The monoisotopic (exact) mass is 260 g/mol. The number of nitrogens with zero attached hydrogens (tertiary/aromatic N) is 1. The van der Waals surface area contributed by atoms with Gasteiger partial charge in [0.15, 0.2) is 0 Å². The Morgan fingerprint density at radius 2 is 1.94 bits per heavy atom. The third kappa shape index (κ3) is 3.08. The van der Waals surface area contributed by atoms with E-state index in [2.05, 4.69) is 17.2 Å². The van der Waals surface area contributed by atoms with Crippen LogP contribution in [0.2, 0.25) is 5.02 Å². The van der Waals surface area contributed by atoms with E-state index in [0.29, 0.717) is 16.4 Å². The number of carbonyl (C=O) groups is 1. The number of aryl methyl sites for hydroxylation is 1. The van der Waals surface area contributed by atoms with Gasteiger partial charge in [-0.1, -0.05) is 30.7 Å². The molecule has 0 atom stereocenters. The van der Waals surface area contributed by atoms with Crippen molar-refractivity contribution >= 4 is 23.3 Å². The van der Waals surface area contributed by atoms with Crippen LogP contribution in [0.25, 0.3) is 0 Å². The molecule has 4 heteroatoms. The highest BCUT2D eigenvalue weighted by molar-refractivity contribution is 6.30. The number of amides is 1. The molecule has 18 heavy (non-hydrogen) atoms. The van der Waals surface area contributed by atoms with Crippen LogP contribution in [0.15, 0.2) is 42.6 Å². The highest BCUT2D eigenvalue weighted by Gasteiger charge is 2.06. The van der Waals surface area contributed by atoms with E-state index in [9.17, 15) is 4.79 Å². The third-order valence-electron chi connectivity index (χ3n) is 2.59. The second-order valence-corrected chi connectivity index (χ2v) is 4.30. The Kier molecular flexibility index (Phi) is 3.95. The lowest BCUT2D eigenvalue weighted by Gasteiger charge is -2.05. The highest BCUT2D eigenvalue weighted by atomic mass is 35.5. The van der Waals surface area contributed by atoms with Crippen molar-refractivity contribution in [1.82, 2.24) is 4.98 Å². The fourth-order valence-corrected chi connectivity index (χ4v) is 1.64. The van der Waals surface area contributed by atoms with Gasteiger partial charge in [0.1, 0.15) is 5.82 Å². The molecule has 0 aliphatic carbocycles. The van der Waals surface area contributed by atoms with E-state index < -0.39 is 0 Å². The predicted molar refractivity (Wildman–Crippen MR) is 73.0 cm³/mol. The zero-order valence-electron chi connectivity index (χ0n) is 9.98. The standard InChI is InChI=1S/C14H13ClN2O/c1-2-10-3-5-11(6-4-10)14(18)17-13-8-7-12(15)9-16-13/h3-9H,2H2,1H3,(H,16,17,18). The molecule has 0 saturated carbocycles. The quantitative estimate of drug-likeness (QED) is 0.917. The summed E-state index contributed by atoms with van der Waals surface area (Å²) in [5.41, 5.74) is 1.82. The van der Waals surface area contributed by atoms with Gasteiger partial charge >= 0.3 is 0 Å². The van der Waals surface area contributed by atoms with Gasteiger partial charge in [0.25, 0.3) is 5.91 Å². The molecule has 1 amide bonds. The molecular weight excluding hydrogens is 248 g/mol. The average molecular weight is 261 g/mol. The molecule has 0 spiro atoms. The van der Waals surface area contributed by atoms with Gasteiger partial charge in [0.2, 0.25) is 0 Å².